The smallest absolute Gasteiger partial charge is 0.122 e. The number of anilines is 1. The van der Waals surface area contributed by atoms with Gasteiger partial charge in [-0.15, -0.1) is 0 Å². The van der Waals surface area contributed by atoms with E-state index < -0.39 is 0 Å². The average molecular weight is 269 g/mol. The molecule has 3 rings (SSSR count). The van der Waals surface area contributed by atoms with Gasteiger partial charge in [-0.25, -0.2) is 0 Å². The second kappa shape index (κ2) is 5.97. The van der Waals surface area contributed by atoms with Crippen molar-refractivity contribution < 1.29 is 9.47 Å². The van der Waals surface area contributed by atoms with Crippen LogP contribution in [0.15, 0.2) is 42.5 Å². The second-order valence-corrected chi connectivity index (χ2v) is 4.98. The summed E-state index contributed by atoms with van der Waals surface area (Å²) in [5.41, 5.74) is 4.90. The SMILES string of the molecule is COCc1ccccc1NCc1ccc2c(c1)CCO2. The highest BCUT2D eigenvalue weighted by molar-refractivity contribution is 5.51. The van der Waals surface area contributed by atoms with Crippen LogP contribution in [0, 0.1) is 0 Å². The Kier molecular flexibility index (Phi) is 3.88. The standard InChI is InChI=1S/C17H19NO2/c1-19-12-15-4-2-3-5-16(15)18-11-13-6-7-17-14(10-13)8-9-20-17/h2-7,10,18H,8-9,11-12H2,1H3. The molecule has 2 aromatic rings. The second-order valence-electron chi connectivity index (χ2n) is 4.98. The van der Waals surface area contributed by atoms with Crippen molar-refractivity contribution in [2.75, 3.05) is 19.0 Å². The highest BCUT2D eigenvalue weighted by Gasteiger charge is 2.11. The molecule has 0 aliphatic carbocycles. The van der Waals surface area contributed by atoms with Gasteiger partial charge in [-0.2, -0.15) is 0 Å². The third-order valence-corrected chi connectivity index (χ3v) is 3.55. The maximum absolute atomic E-state index is 5.53. The number of nitrogens with one attached hydrogen (secondary N) is 1. The highest BCUT2D eigenvalue weighted by atomic mass is 16.5. The van der Waals surface area contributed by atoms with E-state index in [1.54, 1.807) is 7.11 Å². The topological polar surface area (TPSA) is 30.5 Å². The van der Waals surface area contributed by atoms with E-state index in [-0.39, 0.29) is 0 Å². The summed E-state index contributed by atoms with van der Waals surface area (Å²) in [7, 11) is 1.72. The van der Waals surface area contributed by atoms with E-state index in [1.807, 2.05) is 12.1 Å². The van der Waals surface area contributed by atoms with Crippen LogP contribution in [0.2, 0.25) is 0 Å². The third-order valence-electron chi connectivity index (χ3n) is 3.55. The molecular formula is C17H19NO2. The summed E-state index contributed by atoms with van der Waals surface area (Å²) in [4.78, 5) is 0. The molecule has 0 aromatic heterocycles. The summed E-state index contributed by atoms with van der Waals surface area (Å²) < 4.78 is 10.8. The van der Waals surface area contributed by atoms with Crippen LogP contribution in [0.25, 0.3) is 0 Å². The molecule has 1 aliphatic heterocycles. The van der Waals surface area contributed by atoms with Gasteiger partial charge in [-0.1, -0.05) is 30.3 Å². The first-order valence-electron chi connectivity index (χ1n) is 6.92. The van der Waals surface area contributed by atoms with Crippen LogP contribution in [-0.2, 0) is 24.3 Å². The number of para-hydroxylation sites is 1. The molecule has 0 radical (unpaired) electrons. The van der Waals surface area contributed by atoms with E-state index >= 15 is 0 Å². The fourth-order valence-corrected chi connectivity index (χ4v) is 2.52. The molecule has 1 heterocycles. The number of benzene rings is 2. The molecule has 0 saturated heterocycles. The summed E-state index contributed by atoms with van der Waals surface area (Å²) in [6.07, 6.45) is 1.02. The third kappa shape index (κ3) is 2.78. The van der Waals surface area contributed by atoms with Gasteiger partial charge in [0, 0.05) is 31.3 Å². The summed E-state index contributed by atoms with van der Waals surface area (Å²) in [5, 5.41) is 3.48. The van der Waals surface area contributed by atoms with Gasteiger partial charge in [0.1, 0.15) is 5.75 Å². The lowest BCUT2D eigenvalue weighted by Gasteiger charge is -2.12. The Morgan fingerprint density at radius 2 is 2.10 bits per heavy atom. The zero-order valence-corrected chi connectivity index (χ0v) is 11.7. The fraction of sp³-hybridized carbons (Fsp3) is 0.294. The first-order chi connectivity index (χ1) is 9.86. The Morgan fingerprint density at radius 3 is 3.00 bits per heavy atom. The molecule has 0 amide bonds. The molecular weight excluding hydrogens is 250 g/mol. The van der Waals surface area contributed by atoms with Gasteiger partial charge >= 0.3 is 0 Å². The molecule has 0 bridgehead atoms. The fourth-order valence-electron chi connectivity index (χ4n) is 2.52. The normalized spacial score (nSPS) is 12.8. The zero-order chi connectivity index (χ0) is 13.8. The highest BCUT2D eigenvalue weighted by Crippen LogP contribution is 2.26. The van der Waals surface area contributed by atoms with Crippen LogP contribution < -0.4 is 10.1 Å². The quantitative estimate of drug-likeness (QED) is 0.902. The number of rotatable bonds is 5. The van der Waals surface area contributed by atoms with Crippen molar-refractivity contribution in [3.05, 3.63) is 59.2 Å². The molecule has 20 heavy (non-hydrogen) atoms. The number of ether oxygens (including phenoxy) is 2. The number of hydrogen-bond acceptors (Lipinski definition) is 3. The minimum Gasteiger partial charge on any atom is -0.493 e. The van der Waals surface area contributed by atoms with Crippen molar-refractivity contribution in [3.8, 4) is 5.75 Å². The van der Waals surface area contributed by atoms with E-state index in [9.17, 15) is 0 Å². The van der Waals surface area contributed by atoms with Crippen LogP contribution in [0.3, 0.4) is 0 Å². The van der Waals surface area contributed by atoms with Crippen LogP contribution in [0.1, 0.15) is 16.7 Å². The molecule has 3 nitrogen and oxygen atoms in total. The molecule has 0 atom stereocenters. The lowest BCUT2D eigenvalue weighted by molar-refractivity contribution is 0.185. The largest absolute Gasteiger partial charge is 0.493 e. The molecule has 0 fully saturated rings. The summed E-state index contributed by atoms with van der Waals surface area (Å²) in [6.45, 7) is 2.25. The van der Waals surface area contributed by atoms with Crippen molar-refractivity contribution in [3.63, 3.8) is 0 Å². The van der Waals surface area contributed by atoms with Crippen LogP contribution in [0.5, 0.6) is 5.75 Å². The minimum absolute atomic E-state index is 0.626. The van der Waals surface area contributed by atoms with Gasteiger partial charge in [-0.05, 0) is 23.3 Å². The van der Waals surface area contributed by atoms with E-state index in [0.29, 0.717) is 6.61 Å². The van der Waals surface area contributed by atoms with Crippen molar-refractivity contribution in [1.29, 1.82) is 0 Å². The Morgan fingerprint density at radius 1 is 1.20 bits per heavy atom. The first kappa shape index (κ1) is 13.0. The van der Waals surface area contributed by atoms with Gasteiger partial charge in [0.05, 0.1) is 13.2 Å². The number of hydrogen-bond donors (Lipinski definition) is 1. The first-order valence-corrected chi connectivity index (χ1v) is 6.92. The van der Waals surface area contributed by atoms with Crippen LogP contribution in [0.4, 0.5) is 5.69 Å². The van der Waals surface area contributed by atoms with Crippen molar-refractivity contribution >= 4 is 5.69 Å². The van der Waals surface area contributed by atoms with Crippen LogP contribution >= 0.6 is 0 Å². The molecule has 1 N–H and O–H groups in total. The summed E-state index contributed by atoms with van der Waals surface area (Å²) in [5.74, 6) is 1.04. The predicted molar refractivity (Wildman–Crippen MR) is 80.1 cm³/mol. The molecule has 2 aromatic carbocycles. The average Bonchev–Trinajstić information content (AvgIpc) is 2.94. The van der Waals surface area contributed by atoms with Gasteiger partial charge in [0.15, 0.2) is 0 Å². The minimum atomic E-state index is 0.626. The van der Waals surface area contributed by atoms with Gasteiger partial charge in [0.2, 0.25) is 0 Å². The lowest BCUT2D eigenvalue weighted by Crippen LogP contribution is -2.03. The monoisotopic (exact) mass is 269 g/mol. The van der Waals surface area contributed by atoms with Gasteiger partial charge < -0.3 is 14.8 Å². The zero-order valence-electron chi connectivity index (χ0n) is 11.7. The van der Waals surface area contributed by atoms with E-state index in [0.717, 1.165) is 31.0 Å². The Labute approximate surface area is 119 Å². The number of methoxy groups -OCH3 is 1. The Bertz CT molecular complexity index is 595. The van der Waals surface area contributed by atoms with E-state index in [2.05, 4.69) is 35.6 Å². The maximum atomic E-state index is 5.53. The van der Waals surface area contributed by atoms with E-state index in [4.69, 9.17) is 9.47 Å². The van der Waals surface area contributed by atoms with Crippen LogP contribution in [-0.4, -0.2) is 13.7 Å². The van der Waals surface area contributed by atoms with Gasteiger partial charge in [-0.3, -0.25) is 0 Å². The lowest BCUT2D eigenvalue weighted by atomic mass is 10.1. The molecule has 0 spiro atoms. The molecule has 104 valence electrons. The van der Waals surface area contributed by atoms with Crippen molar-refractivity contribution in [1.82, 2.24) is 0 Å². The van der Waals surface area contributed by atoms with Gasteiger partial charge in [0.25, 0.3) is 0 Å². The Hall–Kier alpha value is -2.00. The number of fused-ring (bicyclic) bond motifs is 1. The summed E-state index contributed by atoms with van der Waals surface area (Å²) in [6, 6.07) is 14.7. The maximum Gasteiger partial charge on any atom is 0.122 e. The molecule has 3 heteroatoms. The predicted octanol–water partition coefficient (Wildman–Crippen LogP) is 3.38. The Balaban J connectivity index is 1.70. The van der Waals surface area contributed by atoms with Crippen molar-refractivity contribution in [2.24, 2.45) is 0 Å². The molecule has 0 unspecified atom stereocenters. The van der Waals surface area contributed by atoms with E-state index in [1.165, 1.54) is 16.7 Å². The summed E-state index contributed by atoms with van der Waals surface area (Å²) >= 11 is 0. The molecule has 1 aliphatic rings. The van der Waals surface area contributed by atoms with Crippen molar-refractivity contribution in [2.45, 2.75) is 19.6 Å². The molecule has 0 saturated carbocycles.